The van der Waals surface area contributed by atoms with Crippen LogP contribution >= 0.6 is 27.5 Å². The molecule has 1 aliphatic heterocycles. The van der Waals surface area contributed by atoms with E-state index in [1.54, 1.807) is 12.1 Å². The first-order chi connectivity index (χ1) is 10.1. The van der Waals surface area contributed by atoms with Crippen LogP contribution in [0.25, 0.3) is 0 Å². The normalized spacial score (nSPS) is 12.9. The summed E-state index contributed by atoms with van der Waals surface area (Å²) in [5.74, 6) is 1.07. The molecule has 3 rings (SSSR count). The van der Waals surface area contributed by atoms with Crippen molar-refractivity contribution in [2.75, 3.05) is 6.61 Å². The molecule has 2 nitrogen and oxygen atoms in total. The molecule has 2 aromatic carbocycles. The summed E-state index contributed by atoms with van der Waals surface area (Å²) < 4.78 is 6.28. The van der Waals surface area contributed by atoms with Gasteiger partial charge in [0.2, 0.25) is 0 Å². The summed E-state index contributed by atoms with van der Waals surface area (Å²) >= 11 is 9.36. The number of ketones is 1. The van der Waals surface area contributed by atoms with Crippen LogP contribution in [0.4, 0.5) is 0 Å². The van der Waals surface area contributed by atoms with E-state index in [-0.39, 0.29) is 5.78 Å². The maximum Gasteiger partial charge on any atom is 0.164 e. The van der Waals surface area contributed by atoms with Crippen LogP contribution in [0.15, 0.2) is 40.9 Å². The number of fused-ring (bicyclic) bond motifs is 1. The topological polar surface area (TPSA) is 26.3 Å². The van der Waals surface area contributed by atoms with E-state index in [0.29, 0.717) is 17.0 Å². The molecular weight excluding hydrogens is 352 g/mol. The Morgan fingerprint density at radius 1 is 1.24 bits per heavy atom. The second-order valence-corrected chi connectivity index (χ2v) is 6.38. The van der Waals surface area contributed by atoms with E-state index < -0.39 is 0 Å². The predicted molar refractivity (Wildman–Crippen MR) is 87.4 cm³/mol. The van der Waals surface area contributed by atoms with Crippen LogP contribution < -0.4 is 4.74 Å². The molecule has 0 saturated heterocycles. The number of aryl methyl sites for hydroxylation is 1. The van der Waals surface area contributed by atoms with Crippen LogP contribution in [0.2, 0.25) is 5.02 Å². The third-order valence-corrected chi connectivity index (χ3v) is 4.55. The fourth-order valence-corrected chi connectivity index (χ4v) is 3.14. The summed E-state index contributed by atoms with van der Waals surface area (Å²) in [5, 5.41) is 0.580. The standard InChI is InChI=1S/C17H14BrClO2/c18-15-4-3-13(19)10-14(15)16(20)5-1-11-2-6-17-12(9-11)7-8-21-17/h2-4,6,9-10H,1,5,7-8H2. The van der Waals surface area contributed by atoms with Crippen molar-refractivity contribution in [3.8, 4) is 5.75 Å². The van der Waals surface area contributed by atoms with Crippen LogP contribution in [0.1, 0.15) is 27.9 Å². The van der Waals surface area contributed by atoms with Gasteiger partial charge in [-0.05, 0) is 41.8 Å². The smallest absolute Gasteiger partial charge is 0.164 e. The molecule has 0 unspecified atom stereocenters. The summed E-state index contributed by atoms with van der Waals surface area (Å²) in [7, 11) is 0. The molecule has 0 N–H and O–H groups in total. The van der Waals surface area contributed by atoms with Gasteiger partial charge in [-0.2, -0.15) is 0 Å². The number of carbonyl (C=O) groups excluding carboxylic acids is 1. The molecule has 0 atom stereocenters. The Bertz CT molecular complexity index is 697. The van der Waals surface area contributed by atoms with Gasteiger partial charge in [-0.3, -0.25) is 4.79 Å². The third kappa shape index (κ3) is 3.30. The monoisotopic (exact) mass is 364 g/mol. The molecule has 0 spiro atoms. The van der Waals surface area contributed by atoms with E-state index in [2.05, 4.69) is 22.0 Å². The first kappa shape index (κ1) is 14.6. The number of hydrogen-bond donors (Lipinski definition) is 0. The Morgan fingerprint density at radius 2 is 2.10 bits per heavy atom. The van der Waals surface area contributed by atoms with E-state index in [0.717, 1.165) is 29.7 Å². The minimum absolute atomic E-state index is 0.0983. The Morgan fingerprint density at radius 3 is 2.95 bits per heavy atom. The van der Waals surface area contributed by atoms with Crippen molar-refractivity contribution in [1.29, 1.82) is 0 Å². The number of Topliss-reactive ketones (excluding diaryl/α,β-unsaturated/α-hetero) is 1. The lowest BCUT2D eigenvalue weighted by Gasteiger charge is -2.06. The lowest BCUT2D eigenvalue weighted by molar-refractivity contribution is 0.0982. The highest BCUT2D eigenvalue weighted by atomic mass is 79.9. The fourth-order valence-electron chi connectivity index (χ4n) is 2.50. The molecule has 0 fully saturated rings. The van der Waals surface area contributed by atoms with Crippen LogP contribution in [0.5, 0.6) is 5.75 Å². The molecule has 0 aromatic heterocycles. The van der Waals surface area contributed by atoms with Gasteiger partial charge < -0.3 is 4.74 Å². The zero-order chi connectivity index (χ0) is 14.8. The number of rotatable bonds is 4. The lowest BCUT2D eigenvalue weighted by atomic mass is 10.0. The van der Waals surface area contributed by atoms with E-state index in [1.165, 1.54) is 11.1 Å². The number of hydrogen-bond acceptors (Lipinski definition) is 2. The fraction of sp³-hybridized carbons (Fsp3) is 0.235. The van der Waals surface area contributed by atoms with Crippen molar-refractivity contribution >= 4 is 33.3 Å². The van der Waals surface area contributed by atoms with Gasteiger partial charge in [-0.15, -0.1) is 0 Å². The molecule has 0 radical (unpaired) electrons. The van der Waals surface area contributed by atoms with Gasteiger partial charge in [0.15, 0.2) is 5.78 Å². The zero-order valence-electron chi connectivity index (χ0n) is 11.4. The highest BCUT2D eigenvalue weighted by Gasteiger charge is 2.14. The highest BCUT2D eigenvalue weighted by molar-refractivity contribution is 9.10. The molecule has 0 saturated carbocycles. The molecule has 4 heteroatoms. The quantitative estimate of drug-likeness (QED) is 0.724. The van der Waals surface area contributed by atoms with Crippen molar-refractivity contribution in [1.82, 2.24) is 0 Å². The predicted octanol–water partition coefficient (Wildman–Crippen LogP) is 4.85. The Labute approximate surface area is 137 Å². The number of ether oxygens (including phenoxy) is 1. The summed E-state index contributed by atoms with van der Waals surface area (Å²) in [5.41, 5.74) is 3.06. The van der Waals surface area contributed by atoms with Gasteiger partial charge in [0, 0.05) is 27.9 Å². The summed E-state index contributed by atoms with van der Waals surface area (Å²) in [6, 6.07) is 11.5. The number of benzene rings is 2. The van der Waals surface area contributed by atoms with Crippen LogP contribution in [-0.2, 0) is 12.8 Å². The molecule has 108 valence electrons. The minimum atomic E-state index is 0.0983. The number of carbonyl (C=O) groups is 1. The van der Waals surface area contributed by atoms with Gasteiger partial charge in [0.25, 0.3) is 0 Å². The Kier molecular flexibility index (Phi) is 4.32. The van der Waals surface area contributed by atoms with Gasteiger partial charge in [0.05, 0.1) is 6.61 Å². The van der Waals surface area contributed by atoms with E-state index in [1.807, 2.05) is 18.2 Å². The Hall–Kier alpha value is -1.32. The molecule has 1 heterocycles. The summed E-state index contributed by atoms with van der Waals surface area (Å²) in [6.45, 7) is 0.757. The second-order valence-electron chi connectivity index (χ2n) is 5.09. The van der Waals surface area contributed by atoms with Gasteiger partial charge in [-0.25, -0.2) is 0 Å². The highest BCUT2D eigenvalue weighted by Crippen LogP contribution is 2.27. The molecule has 0 bridgehead atoms. The first-order valence-electron chi connectivity index (χ1n) is 6.86. The van der Waals surface area contributed by atoms with E-state index in [4.69, 9.17) is 16.3 Å². The molecule has 2 aromatic rings. The second kappa shape index (κ2) is 6.20. The largest absolute Gasteiger partial charge is 0.493 e. The van der Waals surface area contributed by atoms with Gasteiger partial charge >= 0.3 is 0 Å². The van der Waals surface area contributed by atoms with Crippen LogP contribution in [0, 0.1) is 0 Å². The SMILES string of the molecule is O=C(CCc1ccc2c(c1)CCO2)c1cc(Cl)ccc1Br. The molecule has 1 aliphatic rings. The van der Waals surface area contributed by atoms with Crippen molar-refractivity contribution < 1.29 is 9.53 Å². The van der Waals surface area contributed by atoms with Crippen molar-refractivity contribution in [2.45, 2.75) is 19.3 Å². The third-order valence-electron chi connectivity index (χ3n) is 3.62. The number of halogens is 2. The Balaban J connectivity index is 1.70. The maximum absolute atomic E-state index is 12.3. The van der Waals surface area contributed by atoms with Crippen LogP contribution in [-0.4, -0.2) is 12.4 Å². The zero-order valence-corrected chi connectivity index (χ0v) is 13.7. The van der Waals surface area contributed by atoms with Crippen molar-refractivity contribution in [2.24, 2.45) is 0 Å². The van der Waals surface area contributed by atoms with Crippen molar-refractivity contribution in [3.05, 3.63) is 62.6 Å². The maximum atomic E-state index is 12.3. The van der Waals surface area contributed by atoms with Crippen molar-refractivity contribution in [3.63, 3.8) is 0 Å². The van der Waals surface area contributed by atoms with Gasteiger partial charge in [0.1, 0.15) is 5.75 Å². The van der Waals surface area contributed by atoms with Crippen LogP contribution in [0.3, 0.4) is 0 Å². The van der Waals surface area contributed by atoms with Gasteiger partial charge in [-0.1, -0.05) is 39.7 Å². The molecular formula is C17H14BrClO2. The minimum Gasteiger partial charge on any atom is -0.493 e. The van der Waals surface area contributed by atoms with E-state index in [9.17, 15) is 4.79 Å². The average molecular weight is 366 g/mol. The summed E-state index contributed by atoms with van der Waals surface area (Å²) in [4.78, 5) is 12.3. The average Bonchev–Trinajstić information content (AvgIpc) is 2.94. The first-order valence-corrected chi connectivity index (χ1v) is 8.03. The molecule has 21 heavy (non-hydrogen) atoms. The lowest BCUT2D eigenvalue weighted by Crippen LogP contribution is -2.02. The van der Waals surface area contributed by atoms with E-state index >= 15 is 0 Å². The summed E-state index contributed by atoms with van der Waals surface area (Å²) in [6.07, 6.45) is 2.15. The molecule has 0 aliphatic carbocycles. The molecule has 0 amide bonds.